The predicted molar refractivity (Wildman–Crippen MR) is 46.9 cm³/mol. The van der Waals surface area contributed by atoms with Crippen LogP contribution in [0.3, 0.4) is 0 Å². The molecule has 0 amide bonds. The molecule has 1 saturated heterocycles. The fourth-order valence-electron chi connectivity index (χ4n) is 1.28. The zero-order chi connectivity index (χ0) is 9.14. The van der Waals surface area contributed by atoms with Crippen molar-refractivity contribution in [3.63, 3.8) is 0 Å². The number of hydrogen-bond acceptors (Lipinski definition) is 3. The van der Waals surface area contributed by atoms with Gasteiger partial charge in [-0.1, -0.05) is 0 Å². The van der Waals surface area contributed by atoms with Gasteiger partial charge in [0.1, 0.15) is 6.04 Å². The van der Waals surface area contributed by atoms with E-state index in [1.165, 1.54) is 0 Å². The molecule has 5 nitrogen and oxygen atoms in total. The quantitative estimate of drug-likeness (QED) is 0.488. The van der Waals surface area contributed by atoms with Crippen molar-refractivity contribution >= 4 is 41.5 Å². The molecule has 3 N–H and O–H groups in total. The van der Waals surface area contributed by atoms with Crippen molar-refractivity contribution in [2.75, 3.05) is 6.54 Å². The zero-order valence-corrected chi connectivity index (χ0v) is 6.49. The van der Waals surface area contributed by atoms with Crippen molar-refractivity contribution in [2.24, 2.45) is 5.92 Å². The number of piperidine rings is 1. The van der Waals surface area contributed by atoms with Gasteiger partial charge in [0.05, 0.1) is 5.92 Å². The summed E-state index contributed by atoms with van der Waals surface area (Å²) in [5.74, 6) is -2.19. The first-order chi connectivity index (χ1) is 5.61. The summed E-state index contributed by atoms with van der Waals surface area (Å²) in [6, 6.07) is -0.569. The second-order valence-corrected chi connectivity index (χ2v) is 2.91. The van der Waals surface area contributed by atoms with Crippen molar-refractivity contribution in [1.82, 2.24) is 5.32 Å². The van der Waals surface area contributed by atoms with E-state index in [1.807, 2.05) is 0 Å². The zero-order valence-electron chi connectivity index (χ0n) is 6.49. The first-order valence-electron chi connectivity index (χ1n) is 3.80. The number of carboxylic acids is 2. The van der Waals surface area contributed by atoms with Crippen molar-refractivity contribution in [3.05, 3.63) is 0 Å². The van der Waals surface area contributed by atoms with Gasteiger partial charge < -0.3 is 15.5 Å². The Balaban J connectivity index is 0.00000144. The number of aliphatic carboxylic acids is 2. The molecule has 0 radical (unpaired) electrons. The first kappa shape index (κ1) is 12.9. The van der Waals surface area contributed by atoms with Gasteiger partial charge in [0.15, 0.2) is 0 Å². The summed E-state index contributed by atoms with van der Waals surface area (Å²) >= 11 is 0. The molecule has 0 spiro atoms. The molecule has 70 valence electrons. The Labute approximate surface area is 97.8 Å². The first-order valence-corrected chi connectivity index (χ1v) is 3.80. The van der Waals surface area contributed by atoms with Crippen LogP contribution in [0.2, 0.25) is 0 Å². The minimum absolute atomic E-state index is 0. The third-order valence-electron chi connectivity index (χ3n) is 2.06. The van der Waals surface area contributed by atoms with E-state index in [-0.39, 0.29) is 36.1 Å². The van der Waals surface area contributed by atoms with Crippen LogP contribution in [0.25, 0.3) is 0 Å². The van der Waals surface area contributed by atoms with E-state index in [0.29, 0.717) is 12.8 Å². The molecule has 0 bridgehead atoms. The standard InChI is InChI=1S/C7H11NO4.Na.H/c9-6(10)4-1-2-5(7(11)12)8-3-4;;/h4-5,8H,1-3H2,(H,9,10)(H,11,12);;. The molecule has 0 saturated carbocycles. The van der Waals surface area contributed by atoms with Gasteiger partial charge in [-0.2, -0.15) is 0 Å². The van der Waals surface area contributed by atoms with Gasteiger partial charge in [-0.25, -0.2) is 0 Å². The maximum absolute atomic E-state index is 10.4. The van der Waals surface area contributed by atoms with E-state index in [1.54, 1.807) is 0 Å². The molecule has 1 rings (SSSR count). The third kappa shape index (κ3) is 3.64. The predicted octanol–water partition coefficient (Wildman–Crippen LogP) is -1.12. The molecule has 13 heavy (non-hydrogen) atoms. The van der Waals surface area contributed by atoms with Crippen LogP contribution in [-0.2, 0) is 9.59 Å². The van der Waals surface area contributed by atoms with Crippen molar-refractivity contribution in [3.8, 4) is 0 Å². The van der Waals surface area contributed by atoms with Crippen LogP contribution in [0.1, 0.15) is 12.8 Å². The van der Waals surface area contributed by atoms with Crippen LogP contribution in [-0.4, -0.2) is 64.3 Å². The molecule has 6 heteroatoms. The van der Waals surface area contributed by atoms with Crippen molar-refractivity contribution < 1.29 is 19.8 Å². The summed E-state index contributed by atoms with van der Waals surface area (Å²) in [5.41, 5.74) is 0. The van der Waals surface area contributed by atoms with Crippen LogP contribution in [0.4, 0.5) is 0 Å². The van der Waals surface area contributed by atoms with Gasteiger partial charge >= 0.3 is 41.5 Å². The Morgan fingerprint density at radius 1 is 1.15 bits per heavy atom. The van der Waals surface area contributed by atoms with Crippen LogP contribution >= 0.6 is 0 Å². The van der Waals surface area contributed by atoms with E-state index in [2.05, 4.69) is 5.32 Å². The summed E-state index contributed by atoms with van der Waals surface area (Å²) in [6.07, 6.45) is 0.839. The normalized spacial score (nSPS) is 27.4. The van der Waals surface area contributed by atoms with Gasteiger partial charge in [-0.3, -0.25) is 9.59 Å². The summed E-state index contributed by atoms with van der Waals surface area (Å²) < 4.78 is 0. The maximum atomic E-state index is 10.4. The Kier molecular flexibility index (Phi) is 5.55. The molecular weight excluding hydrogens is 185 g/mol. The summed E-state index contributed by atoms with van der Waals surface area (Å²) in [4.78, 5) is 20.9. The van der Waals surface area contributed by atoms with Crippen LogP contribution in [0.15, 0.2) is 0 Å². The van der Waals surface area contributed by atoms with Crippen molar-refractivity contribution in [2.45, 2.75) is 18.9 Å². The molecule has 2 unspecified atom stereocenters. The average Bonchev–Trinajstić information content (AvgIpc) is 2.04. The Morgan fingerprint density at radius 3 is 2.08 bits per heavy atom. The summed E-state index contributed by atoms with van der Waals surface area (Å²) in [6.45, 7) is 0.256. The third-order valence-corrected chi connectivity index (χ3v) is 2.06. The van der Waals surface area contributed by atoms with Gasteiger partial charge in [0.2, 0.25) is 0 Å². The fraction of sp³-hybridized carbons (Fsp3) is 0.714. The van der Waals surface area contributed by atoms with E-state index < -0.39 is 23.9 Å². The molecule has 1 heterocycles. The van der Waals surface area contributed by atoms with Crippen LogP contribution < -0.4 is 5.32 Å². The second-order valence-electron chi connectivity index (χ2n) is 2.91. The summed E-state index contributed by atoms with van der Waals surface area (Å²) in [5, 5.41) is 19.8. The molecule has 0 aliphatic carbocycles. The van der Waals surface area contributed by atoms with E-state index in [9.17, 15) is 9.59 Å². The summed E-state index contributed by atoms with van der Waals surface area (Å²) in [7, 11) is 0. The Hall–Kier alpha value is -0.100. The monoisotopic (exact) mass is 197 g/mol. The molecular formula is C7H12NNaO4. The van der Waals surface area contributed by atoms with Crippen LogP contribution in [0, 0.1) is 5.92 Å². The number of rotatable bonds is 2. The van der Waals surface area contributed by atoms with Gasteiger partial charge in [-0.05, 0) is 12.8 Å². The number of nitrogens with one attached hydrogen (secondary N) is 1. The van der Waals surface area contributed by atoms with E-state index in [0.717, 1.165) is 0 Å². The molecule has 1 aliphatic rings. The average molecular weight is 197 g/mol. The van der Waals surface area contributed by atoms with E-state index >= 15 is 0 Å². The van der Waals surface area contributed by atoms with Crippen molar-refractivity contribution in [1.29, 1.82) is 0 Å². The fourth-order valence-corrected chi connectivity index (χ4v) is 1.28. The van der Waals surface area contributed by atoms with Gasteiger partial charge in [0, 0.05) is 6.54 Å². The molecule has 2 atom stereocenters. The molecule has 0 aromatic rings. The number of hydrogen-bond donors (Lipinski definition) is 3. The van der Waals surface area contributed by atoms with E-state index in [4.69, 9.17) is 10.2 Å². The molecule has 0 aromatic carbocycles. The Morgan fingerprint density at radius 2 is 1.77 bits per heavy atom. The Bertz CT molecular complexity index is 179. The van der Waals surface area contributed by atoms with Gasteiger partial charge in [0.25, 0.3) is 0 Å². The SMILES string of the molecule is O=C(O)C1CCC(C(=O)O)NC1.[NaH]. The minimum atomic E-state index is -0.904. The number of carbonyl (C=O) groups is 2. The van der Waals surface area contributed by atoms with Gasteiger partial charge in [-0.15, -0.1) is 0 Å². The molecule has 1 aliphatic heterocycles. The molecule has 0 aromatic heterocycles. The van der Waals surface area contributed by atoms with Crippen LogP contribution in [0.5, 0.6) is 0 Å². The topological polar surface area (TPSA) is 86.6 Å². The molecule has 1 fully saturated rings. The number of carboxylic acid groups (broad SMARTS) is 2. The second kappa shape index (κ2) is 5.59.